The van der Waals surface area contributed by atoms with Crippen LogP contribution >= 0.6 is 0 Å². The zero-order chi connectivity index (χ0) is 40.6. The number of fused-ring (bicyclic) bond motifs is 6. The maximum absolute atomic E-state index is 5.13. The van der Waals surface area contributed by atoms with Crippen LogP contribution in [-0.2, 0) is 10.8 Å². The molecule has 2 aliphatic rings. The topological polar surface area (TPSA) is 25.8 Å². The van der Waals surface area contributed by atoms with Crippen LogP contribution in [0.3, 0.4) is 0 Å². The number of hydrogen-bond acceptors (Lipinski definition) is 2. The van der Waals surface area contributed by atoms with Crippen LogP contribution in [0, 0.1) is 0 Å². The summed E-state index contributed by atoms with van der Waals surface area (Å²) >= 11 is 0. The second-order valence-electron chi connectivity index (χ2n) is 17.4. The van der Waals surface area contributed by atoms with Gasteiger partial charge in [0.25, 0.3) is 0 Å². The molecular weight excluding hydrogens is 725 g/mol. The highest BCUT2D eigenvalue weighted by Crippen LogP contribution is 2.56. The first-order valence-electron chi connectivity index (χ1n) is 21.0. The largest absolute Gasteiger partial charge is 0.228 e. The fourth-order valence-electron chi connectivity index (χ4n) is 9.75. The molecule has 0 atom stereocenters. The van der Waals surface area contributed by atoms with Crippen molar-refractivity contribution >= 4 is 0 Å². The Morgan fingerprint density at radius 2 is 0.683 bits per heavy atom. The summed E-state index contributed by atoms with van der Waals surface area (Å²) in [6, 6.07) is 70.3. The first kappa shape index (κ1) is 36.0. The minimum Gasteiger partial charge on any atom is -0.228 e. The number of nitrogens with zero attached hydrogens (tertiary/aromatic N) is 2. The minimum atomic E-state index is -0.107. The highest BCUT2D eigenvalue weighted by atomic mass is 14.9. The van der Waals surface area contributed by atoms with Gasteiger partial charge >= 0.3 is 0 Å². The van der Waals surface area contributed by atoms with E-state index in [-0.39, 0.29) is 10.8 Å². The normalized spacial score (nSPS) is 13.9. The van der Waals surface area contributed by atoms with Gasteiger partial charge < -0.3 is 0 Å². The Balaban J connectivity index is 0.906. The Morgan fingerprint density at radius 1 is 0.267 bits per heavy atom. The van der Waals surface area contributed by atoms with E-state index in [1.807, 2.05) is 24.3 Å². The van der Waals surface area contributed by atoms with Crippen molar-refractivity contribution in [3.8, 4) is 89.5 Å². The van der Waals surface area contributed by atoms with Crippen LogP contribution in [0.25, 0.3) is 89.5 Å². The van der Waals surface area contributed by atoms with Gasteiger partial charge in [0.05, 0.1) is 11.4 Å². The average Bonchev–Trinajstić information content (AvgIpc) is 3.67. The van der Waals surface area contributed by atoms with Gasteiger partial charge in [0, 0.05) is 27.5 Å². The van der Waals surface area contributed by atoms with Crippen molar-refractivity contribution in [2.75, 3.05) is 0 Å². The van der Waals surface area contributed by atoms with E-state index < -0.39 is 0 Å². The molecular formula is C58H44N2. The van der Waals surface area contributed by atoms with Gasteiger partial charge in [-0.25, -0.2) is 9.97 Å². The summed E-state index contributed by atoms with van der Waals surface area (Å²) in [5.41, 5.74) is 23.1. The van der Waals surface area contributed by atoms with Crippen molar-refractivity contribution < 1.29 is 0 Å². The second kappa shape index (κ2) is 13.7. The molecule has 0 amide bonds. The van der Waals surface area contributed by atoms with E-state index in [0.29, 0.717) is 5.82 Å². The maximum atomic E-state index is 5.13. The van der Waals surface area contributed by atoms with E-state index >= 15 is 0 Å². The zero-order valence-electron chi connectivity index (χ0n) is 34.4. The quantitative estimate of drug-likeness (QED) is 0.168. The Labute approximate surface area is 353 Å². The first-order chi connectivity index (χ1) is 29.2. The lowest BCUT2D eigenvalue weighted by Gasteiger charge is -2.24. The van der Waals surface area contributed by atoms with Crippen LogP contribution in [0.5, 0.6) is 0 Å². The van der Waals surface area contributed by atoms with Gasteiger partial charge in [-0.05, 0) is 108 Å². The standard InChI is InChI=1S/C58H44N2/c1-57(2)50-21-12-11-20-46(50)48-34-53-49(35-52(48)57)47-31-30-44(33-51(47)58(53,3)4)40-24-22-39(23-25-40)43-18-13-19-45(32-43)55-36-54(59-56(60-55)42-16-9-6-10-17-42)41-28-26-38(27-29-41)37-14-7-5-8-15-37/h5-36H,1-4H3. The van der Waals surface area contributed by atoms with Crippen LogP contribution in [0.2, 0.25) is 0 Å². The summed E-state index contributed by atoms with van der Waals surface area (Å²) < 4.78 is 0. The van der Waals surface area contributed by atoms with E-state index in [9.17, 15) is 0 Å². The van der Waals surface area contributed by atoms with Crippen molar-refractivity contribution in [2.24, 2.45) is 0 Å². The SMILES string of the molecule is CC1(C)c2ccccc2-c2cc3c(cc21)-c1ccc(-c2ccc(-c4cccc(-c5cc(-c6ccc(-c7ccccc7)cc6)nc(-c6ccccc6)n5)c4)cc2)cc1C3(C)C. The van der Waals surface area contributed by atoms with E-state index in [2.05, 4.69) is 198 Å². The zero-order valence-corrected chi connectivity index (χ0v) is 34.4. The fraction of sp³-hybridized carbons (Fsp3) is 0.103. The molecule has 0 unspecified atom stereocenters. The van der Waals surface area contributed by atoms with Crippen molar-refractivity contribution in [1.82, 2.24) is 9.97 Å². The second-order valence-corrected chi connectivity index (χ2v) is 17.4. The number of hydrogen-bond donors (Lipinski definition) is 0. The third-order valence-corrected chi connectivity index (χ3v) is 13.1. The van der Waals surface area contributed by atoms with Gasteiger partial charge in [0.15, 0.2) is 5.82 Å². The summed E-state index contributed by atoms with van der Waals surface area (Å²) in [5.74, 6) is 0.712. The summed E-state index contributed by atoms with van der Waals surface area (Å²) in [5, 5.41) is 0. The molecule has 8 aromatic carbocycles. The molecule has 1 aromatic heterocycles. The number of aromatic nitrogens is 2. The van der Waals surface area contributed by atoms with Gasteiger partial charge in [-0.15, -0.1) is 0 Å². The summed E-state index contributed by atoms with van der Waals surface area (Å²) in [4.78, 5) is 10.2. The first-order valence-corrected chi connectivity index (χ1v) is 21.0. The average molecular weight is 769 g/mol. The minimum absolute atomic E-state index is 0.0200. The summed E-state index contributed by atoms with van der Waals surface area (Å²) in [6.07, 6.45) is 0. The molecule has 0 saturated carbocycles. The summed E-state index contributed by atoms with van der Waals surface area (Å²) in [6.45, 7) is 9.52. The number of benzene rings is 8. The molecule has 0 spiro atoms. The van der Waals surface area contributed by atoms with E-state index in [1.54, 1.807) is 0 Å². The Bertz CT molecular complexity index is 3100. The molecule has 2 heteroatoms. The van der Waals surface area contributed by atoms with Crippen molar-refractivity contribution in [1.29, 1.82) is 0 Å². The van der Waals surface area contributed by atoms with E-state index in [4.69, 9.17) is 9.97 Å². The van der Waals surface area contributed by atoms with Crippen molar-refractivity contribution in [3.05, 3.63) is 216 Å². The lowest BCUT2D eigenvalue weighted by molar-refractivity contribution is 0.652. The Kier molecular flexibility index (Phi) is 8.22. The highest BCUT2D eigenvalue weighted by Gasteiger charge is 2.41. The van der Waals surface area contributed by atoms with Crippen LogP contribution < -0.4 is 0 Å². The molecule has 60 heavy (non-hydrogen) atoms. The molecule has 0 fully saturated rings. The molecule has 1 heterocycles. The van der Waals surface area contributed by atoms with Gasteiger partial charge in [-0.3, -0.25) is 0 Å². The molecule has 286 valence electrons. The van der Waals surface area contributed by atoms with Crippen LogP contribution in [0.1, 0.15) is 49.9 Å². The van der Waals surface area contributed by atoms with Gasteiger partial charge in [0.1, 0.15) is 0 Å². The highest BCUT2D eigenvalue weighted by molar-refractivity contribution is 5.91. The van der Waals surface area contributed by atoms with E-state index in [1.165, 1.54) is 72.3 Å². The van der Waals surface area contributed by atoms with Crippen LogP contribution in [-0.4, -0.2) is 9.97 Å². The van der Waals surface area contributed by atoms with Gasteiger partial charge in [-0.2, -0.15) is 0 Å². The molecule has 9 aromatic rings. The van der Waals surface area contributed by atoms with Crippen LogP contribution in [0.4, 0.5) is 0 Å². The molecule has 2 nitrogen and oxygen atoms in total. The molecule has 0 bridgehead atoms. The monoisotopic (exact) mass is 768 g/mol. The molecule has 11 rings (SSSR count). The smallest absolute Gasteiger partial charge is 0.160 e. The van der Waals surface area contributed by atoms with Gasteiger partial charge in [-0.1, -0.05) is 191 Å². The molecule has 0 radical (unpaired) electrons. The molecule has 2 aliphatic carbocycles. The molecule has 0 aliphatic heterocycles. The molecule has 0 N–H and O–H groups in total. The summed E-state index contributed by atoms with van der Waals surface area (Å²) in [7, 11) is 0. The predicted molar refractivity (Wildman–Crippen MR) is 250 cm³/mol. The predicted octanol–water partition coefficient (Wildman–Crippen LogP) is 15.1. The molecule has 0 saturated heterocycles. The van der Waals surface area contributed by atoms with Crippen LogP contribution in [0.15, 0.2) is 194 Å². The van der Waals surface area contributed by atoms with Crippen molar-refractivity contribution in [3.63, 3.8) is 0 Å². The fourth-order valence-corrected chi connectivity index (χ4v) is 9.75. The maximum Gasteiger partial charge on any atom is 0.160 e. The Hall–Kier alpha value is -7.16. The van der Waals surface area contributed by atoms with Gasteiger partial charge in [0.2, 0.25) is 0 Å². The lowest BCUT2D eigenvalue weighted by Crippen LogP contribution is -2.17. The third kappa shape index (κ3) is 5.86. The lowest BCUT2D eigenvalue weighted by atomic mass is 9.79. The third-order valence-electron chi connectivity index (χ3n) is 13.1. The van der Waals surface area contributed by atoms with E-state index in [0.717, 1.165) is 33.6 Å². The number of rotatable bonds is 6. The Morgan fingerprint density at radius 3 is 1.33 bits per heavy atom. The van der Waals surface area contributed by atoms with Crippen molar-refractivity contribution in [2.45, 2.75) is 38.5 Å².